The third-order valence-corrected chi connectivity index (χ3v) is 4.03. The Morgan fingerprint density at radius 3 is 2.59 bits per heavy atom. The predicted octanol–water partition coefficient (Wildman–Crippen LogP) is 1.31. The van der Waals surface area contributed by atoms with E-state index in [1.54, 1.807) is 0 Å². The Bertz CT molecular complexity index is 446. The van der Waals surface area contributed by atoms with Crippen molar-refractivity contribution in [3.05, 3.63) is 23.8 Å². The molecule has 0 amide bonds. The summed E-state index contributed by atoms with van der Waals surface area (Å²) in [6, 6.07) is 6.52. The summed E-state index contributed by atoms with van der Waals surface area (Å²) in [5.74, 6) is 0.980. The number of nitrogens with zero attached hydrogens (tertiary/aromatic N) is 2. The number of hydrogen-bond donors (Lipinski definition) is 2. The lowest BCUT2D eigenvalue weighted by atomic mass is 10.1. The Labute approximate surface area is 133 Å². The molecule has 0 aromatic heterocycles. The van der Waals surface area contributed by atoms with Gasteiger partial charge in [0.15, 0.2) is 0 Å². The van der Waals surface area contributed by atoms with Crippen LogP contribution in [0, 0.1) is 0 Å². The molecule has 1 aliphatic heterocycles. The average Bonchev–Trinajstić information content (AvgIpc) is 2.55. The number of anilines is 1. The van der Waals surface area contributed by atoms with Crippen molar-refractivity contribution in [1.29, 1.82) is 0 Å². The van der Waals surface area contributed by atoms with E-state index in [1.807, 2.05) is 6.92 Å². The van der Waals surface area contributed by atoms with Gasteiger partial charge in [0.2, 0.25) is 0 Å². The van der Waals surface area contributed by atoms with E-state index >= 15 is 0 Å². The topological polar surface area (TPSA) is 48.0 Å². The van der Waals surface area contributed by atoms with Gasteiger partial charge in [-0.1, -0.05) is 13.0 Å². The zero-order valence-corrected chi connectivity index (χ0v) is 13.8. The molecule has 0 bridgehead atoms. The van der Waals surface area contributed by atoms with Crippen LogP contribution in [0.4, 0.5) is 5.69 Å². The molecule has 1 heterocycles. The van der Waals surface area contributed by atoms with E-state index in [2.05, 4.69) is 40.2 Å². The van der Waals surface area contributed by atoms with E-state index in [1.165, 1.54) is 11.3 Å². The van der Waals surface area contributed by atoms with Crippen LogP contribution < -0.4 is 15.0 Å². The number of piperazine rings is 1. The summed E-state index contributed by atoms with van der Waals surface area (Å²) in [5, 5.41) is 12.4. The summed E-state index contributed by atoms with van der Waals surface area (Å²) in [4.78, 5) is 4.69. The number of aliphatic hydroxyl groups is 1. The first-order chi connectivity index (χ1) is 10.8. The zero-order valence-electron chi connectivity index (χ0n) is 13.8. The van der Waals surface area contributed by atoms with E-state index < -0.39 is 0 Å². The predicted molar refractivity (Wildman–Crippen MR) is 90.7 cm³/mol. The normalized spacial score (nSPS) is 16.0. The van der Waals surface area contributed by atoms with E-state index in [-0.39, 0.29) is 6.61 Å². The molecule has 0 unspecified atom stereocenters. The zero-order chi connectivity index (χ0) is 15.8. The fourth-order valence-corrected chi connectivity index (χ4v) is 2.82. The summed E-state index contributed by atoms with van der Waals surface area (Å²) in [6.45, 7) is 11.6. The second-order valence-electron chi connectivity index (χ2n) is 5.57. The monoisotopic (exact) mass is 307 g/mol. The van der Waals surface area contributed by atoms with Gasteiger partial charge in [0.1, 0.15) is 5.75 Å². The minimum absolute atomic E-state index is 0.239. The summed E-state index contributed by atoms with van der Waals surface area (Å²) in [6.07, 6.45) is 0. The third kappa shape index (κ3) is 4.60. The van der Waals surface area contributed by atoms with Crippen LogP contribution in [0.3, 0.4) is 0 Å². The summed E-state index contributed by atoms with van der Waals surface area (Å²) in [5.41, 5.74) is 2.44. The van der Waals surface area contributed by atoms with Crippen molar-refractivity contribution in [2.45, 2.75) is 20.4 Å². The van der Waals surface area contributed by atoms with Gasteiger partial charge in [-0.15, -0.1) is 0 Å². The fraction of sp³-hybridized carbons (Fsp3) is 0.647. The molecule has 1 fully saturated rings. The highest BCUT2D eigenvalue weighted by molar-refractivity contribution is 5.60. The van der Waals surface area contributed by atoms with E-state index in [0.717, 1.165) is 51.6 Å². The number of aliphatic hydroxyl groups excluding tert-OH is 1. The van der Waals surface area contributed by atoms with Gasteiger partial charge in [-0.05, 0) is 31.2 Å². The lowest BCUT2D eigenvalue weighted by molar-refractivity contribution is 0.188. The molecule has 0 atom stereocenters. The van der Waals surface area contributed by atoms with Crippen molar-refractivity contribution in [2.24, 2.45) is 0 Å². The number of benzene rings is 1. The highest BCUT2D eigenvalue weighted by atomic mass is 16.5. The Kier molecular flexibility index (Phi) is 6.96. The molecule has 5 heteroatoms. The number of hydrogen-bond acceptors (Lipinski definition) is 5. The molecule has 0 radical (unpaired) electrons. The third-order valence-electron chi connectivity index (χ3n) is 4.03. The molecule has 0 saturated carbocycles. The molecule has 5 nitrogen and oxygen atoms in total. The quantitative estimate of drug-likeness (QED) is 0.758. The average molecular weight is 307 g/mol. The molecule has 2 N–H and O–H groups in total. The van der Waals surface area contributed by atoms with E-state index in [9.17, 15) is 0 Å². The molecular weight excluding hydrogens is 278 g/mol. The molecule has 1 aromatic carbocycles. The van der Waals surface area contributed by atoms with Gasteiger partial charge in [0.05, 0.1) is 18.9 Å². The maximum Gasteiger partial charge on any atom is 0.142 e. The Morgan fingerprint density at radius 1 is 1.18 bits per heavy atom. The maximum atomic E-state index is 9.04. The first-order valence-electron chi connectivity index (χ1n) is 8.33. The molecule has 22 heavy (non-hydrogen) atoms. The van der Waals surface area contributed by atoms with Crippen LogP contribution in [0.2, 0.25) is 0 Å². The SMILES string of the molecule is CCNCc1ccc(N2CCN(CCO)CC2)c(OCC)c1. The number of β-amino-alcohol motifs (C(OH)–C–C–N with tert-alkyl or cyclic N) is 1. The summed E-state index contributed by atoms with van der Waals surface area (Å²) >= 11 is 0. The van der Waals surface area contributed by atoms with Crippen LogP contribution in [-0.4, -0.2) is 62.5 Å². The number of nitrogens with one attached hydrogen (secondary N) is 1. The Morgan fingerprint density at radius 2 is 1.95 bits per heavy atom. The standard InChI is InChI=1S/C17H29N3O2/c1-3-18-14-15-5-6-16(17(13-15)22-4-2)20-9-7-19(8-10-20)11-12-21/h5-6,13,18,21H,3-4,7-12,14H2,1-2H3. The second kappa shape index (κ2) is 8.98. The highest BCUT2D eigenvalue weighted by Crippen LogP contribution is 2.30. The van der Waals surface area contributed by atoms with Gasteiger partial charge in [-0.2, -0.15) is 0 Å². The van der Waals surface area contributed by atoms with Gasteiger partial charge in [-0.3, -0.25) is 4.90 Å². The van der Waals surface area contributed by atoms with Crippen molar-refractivity contribution in [3.63, 3.8) is 0 Å². The molecule has 2 rings (SSSR count). The first kappa shape index (κ1) is 17.1. The molecule has 1 saturated heterocycles. The smallest absolute Gasteiger partial charge is 0.142 e. The lowest BCUT2D eigenvalue weighted by Gasteiger charge is -2.36. The van der Waals surface area contributed by atoms with Crippen molar-refractivity contribution in [2.75, 3.05) is 57.4 Å². The Balaban J connectivity index is 2.06. The minimum Gasteiger partial charge on any atom is -0.492 e. The molecule has 1 aliphatic rings. The van der Waals surface area contributed by atoms with Crippen molar-refractivity contribution < 1.29 is 9.84 Å². The molecule has 124 valence electrons. The van der Waals surface area contributed by atoms with Gasteiger partial charge in [0.25, 0.3) is 0 Å². The van der Waals surface area contributed by atoms with Crippen molar-refractivity contribution in [3.8, 4) is 5.75 Å². The van der Waals surface area contributed by atoms with Crippen LogP contribution in [-0.2, 0) is 6.54 Å². The highest BCUT2D eigenvalue weighted by Gasteiger charge is 2.19. The van der Waals surface area contributed by atoms with Gasteiger partial charge < -0.3 is 20.1 Å². The van der Waals surface area contributed by atoms with Crippen LogP contribution in [0.1, 0.15) is 19.4 Å². The van der Waals surface area contributed by atoms with Crippen LogP contribution >= 0.6 is 0 Å². The number of ether oxygens (including phenoxy) is 1. The van der Waals surface area contributed by atoms with Crippen molar-refractivity contribution >= 4 is 5.69 Å². The summed E-state index contributed by atoms with van der Waals surface area (Å²) < 4.78 is 5.86. The van der Waals surface area contributed by atoms with Gasteiger partial charge in [-0.25, -0.2) is 0 Å². The van der Waals surface area contributed by atoms with E-state index in [4.69, 9.17) is 9.84 Å². The maximum absolute atomic E-state index is 9.04. The van der Waals surface area contributed by atoms with E-state index in [0.29, 0.717) is 6.61 Å². The molecule has 1 aromatic rings. The largest absolute Gasteiger partial charge is 0.492 e. The minimum atomic E-state index is 0.239. The molecular formula is C17H29N3O2. The first-order valence-corrected chi connectivity index (χ1v) is 8.33. The number of rotatable bonds is 8. The van der Waals surface area contributed by atoms with Crippen LogP contribution in [0.5, 0.6) is 5.75 Å². The summed E-state index contributed by atoms with van der Waals surface area (Å²) in [7, 11) is 0. The van der Waals surface area contributed by atoms with Gasteiger partial charge in [0, 0.05) is 39.3 Å². The molecule has 0 aliphatic carbocycles. The fourth-order valence-electron chi connectivity index (χ4n) is 2.82. The van der Waals surface area contributed by atoms with Crippen LogP contribution in [0.15, 0.2) is 18.2 Å². The van der Waals surface area contributed by atoms with Crippen LogP contribution in [0.25, 0.3) is 0 Å². The Hall–Kier alpha value is -1.30. The lowest BCUT2D eigenvalue weighted by Crippen LogP contribution is -2.47. The van der Waals surface area contributed by atoms with Crippen molar-refractivity contribution in [1.82, 2.24) is 10.2 Å². The second-order valence-corrected chi connectivity index (χ2v) is 5.57. The molecule has 0 spiro atoms. The van der Waals surface area contributed by atoms with Gasteiger partial charge >= 0.3 is 0 Å².